The molecule has 0 spiro atoms. The highest BCUT2D eigenvalue weighted by atomic mass is 16.6. The quantitative estimate of drug-likeness (QED) is 0.518. The summed E-state index contributed by atoms with van der Waals surface area (Å²) in [6.07, 6.45) is -0.191. The van der Waals surface area contributed by atoms with E-state index in [0.717, 1.165) is 11.1 Å². The Labute approximate surface area is 133 Å². The van der Waals surface area contributed by atoms with E-state index in [2.05, 4.69) is 24.3 Å². The van der Waals surface area contributed by atoms with E-state index < -0.39 is 4.92 Å². The Hall–Kier alpha value is -3.14. The molecule has 4 rings (SSSR count). The molecule has 0 atom stereocenters. The molecule has 1 aliphatic rings. The van der Waals surface area contributed by atoms with Gasteiger partial charge >= 0.3 is 0 Å². The maximum atomic E-state index is 10.7. The zero-order valence-corrected chi connectivity index (χ0v) is 12.2. The summed E-state index contributed by atoms with van der Waals surface area (Å²) in [4.78, 5) is 10.3. The van der Waals surface area contributed by atoms with Gasteiger partial charge in [0.1, 0.15) is 5.75 Å². The molecule has 0 saturated heterocycles. The van der Waals surface area contributed by atoms with Crippen molar-refractivity contribution in [2.24, 2.45) is 0 Å². The molecule has 0 fully saturated rings. The predicted octanol–water partition coefficient (Wildman–Crippen LogP) is 4.74. The molecule has 0 aliphatic heterocycles. The molecule has 23 heavy (non-hydrogen) atoms. The third kappa shape index (κ3) is 2.25. The highest BCUT2D eigenvalue weighted by molar-refractivity contribution is 5.78. The van der Waals surface area contributed by atoms with E-state index in [1.165, 1.54) is 23.3 Å². The molecule has 4 heteroatoms. The van der Waals surface area contributed by atoms with Crippen molar-refractivity contribution in [1.29, 1.82) is 0 Å². The van der Waals surface area contributed by atoms with Crippen molar-refractivity contribution in [3.8, 4) is 16.9 Å². The Morgan fingerprint density at radius 1 is 0.783 bits per heavy atom. The van der Waals surface area contributed by atoms with Crippen LogP contribution in [0.2, 0.25) is 0 Å². The van der Waals surface area contributed by atoms with Gasteiger partial charge in [-0.15, -0.1) is 0 Å². The molecule has 3 aromatic carbocycles. The molecule has 0 radical (unpaired) electrons. The SMILES string of the molecule is O=[N+]([O-])c1ccc(OC2c3ccccc3-c3ccccc32)cc1. The number of nitro groups is 1. The molecular formula is C19H13NO3. The molecule has 0 bridgehead atoms. The lowest BCUT2D eigenvalue weighted by Crippen LogP contribution is -2.05. The molecule has 0 saturated carbocycles. The van der Waals surface area contributed by atoms with Crippen molar-refractivity contribution < 1.29 is 9.66 Å². The maximum absolute atomic E-state index is 10.7. The second kappa shape index (κ2) is 5.25. The summed E-state index contributed by atoms with van der Waals surface area (Å²) in [7, 11) is 0. The van der Waals surface area contributed by atoms with E-state index in [1.54, 1.807) is 12.1 Å². The number of rotatable bonds is 3. The van der Waals surface area contributed by atoms with Gasteiger partial charge in [0.25, 0.3) is 5.69 Å². The van der Waals surface area contributed by atoms with Crippen LogP contribution in [0.15, 0.2) is 72.8 Å². The number of hydrogen-bond acceptors (Lipinski definition) is 3. The van der Waals surface area contributed by atoms with Crippen molar-refractivity contribution in [3.05, 3.63) is 94.0 Å². The number of ether oxygens (including phenoxy) is 1. The molecule has 0 heterocycles. The third-order valence-electron chi connectivity index (χ3n) is 4.08. The molecular weight excluding hydrogens is 290 g/mol. The van der Waals surface area contributed by atoms with Gasteiger partial charge in [0.15, 0.2) is 6.10 Å². The third-order valence-corrected chi connectivity index (χ3v) is 4.08. The summed E-state index contributed by atoms with van der Waals surface area (Å²) < 4.78 is 6.14. The predicted molar refractivity (Wildman–Crippen MR) is 87.4 cm³/mol. The molecule has 0 aromatic heterocycles. The first kappa shape index (κ1) is 13.5. The summed E-state index contributed by atoms with van der Waals surface area (Å²) in [6.45, 7) is 0. The lowest BCUT2D eigenvalue weighted by atomic mass is 10.1. The Kier molecular flexibility index (Phi) is 3.08. The zero-order chi connectivity index (χ0) is 15.8. The van der Waals surface area contributed by atoms with E-state index in [1.807, 2.05) is 24.3 Å². The van der Waals surface area contributed by atoms with Crippen LogP contribution in [0.1, 0.15) is 17.2 Å². The van der Waals surface area contributed by atoms with E-state index in [9.17, 15) is 10.1 Å². The van der Waals surface area contributed by atoms with E-state index in [4.69, 9.17) is 4.74 Å². The lowest BCUT2D eigenvalue weighted by Gasteiger charge is -2.16. The maximum Gasteiger partial charge on any atom is 0.269 e. The topological polar surface area (TPSA) is 52.4 Å². The second-order valence-corrected chi connectivity index (χ2v) is 5.42. The van der Waals surface area contributed by atoms with Crippen LogP contribution >= 0.6 is 0 Å². The van der Waals surface area contributed by atoms with Crippen LogP contribution in [0.3, 0.4) is 0 Å². The van der Waals surface area contributed by atoms with Gasteiger partial charge in [-0.25, -0.2) is 0 Å². The highest BCUT2D eigenvalue weighted by Gasteiger charge is 2.29. The Balaban J connectivity index is 1.73. The van der Waals surface area contributed by atoms with Gasteiger partial charge in [-0.3, -0.25) is 10.1 Å². The van der Waals surface area contributed by atoms with Crippen molar-refractivity contribution in [3.63, 3.8) is 0 Å². The standard InChI is InChI=1S/C19H13NO3/c21-20(22)13-9-11-14(12-10-13)23-19-17-7-3-1-5-15(17)16-6-2-4-8-18(16)19/h1-12,19H. The fourth-order valence-electron chi connectivity index (χ4n) is 3.02. The molecule has 0 N–H and O–H groups in total. The van der Waals surface area contributed by atoms with Gasteiger partial charge in [-0.1, -0.05) is 48.5 Å². The largest absolute Gasteiger partial charge is 0.481 e. The summed E-state index contributed by atoms with van der Waals surface area (Å²) in [6, 6.07) is 22.5. The minimum atomic E-state index is -0.413. The highest BCUT2D eigenvalue weighted by Crippen LogP contribution is 2.45. The number of nitrogens with zero attached hydrogens (tertiary/aromatic N) is 1. The summed E-state index contributed by atoms with van der Waals surface area (Å²) >= 11 is 0. The average molecular weight is 303 g/mol. The number of nitro benzene ring substituents is 1. The van der Waals surface area contributed by atoms with Crippen molar-refractivity contribution in [1.82, 2.24) is 0 Å². The van der Waals surface area contributed by atoms with Gasteiger partial charge in [-0.2, -0.15) is 0 Å². The van der Waals surface area contributed by atoms with Crippen LogP contribution in [0.5, 0.6) is 5.75 Å². The van der Waals surface area contributed by atoms with Gasteiger partial charge in [-0.05, 0) is 23.3 Å². The van der Waals surface area contributed by atoms with Gasteiger partial charge in [0, 0.05) is 23.3 Å². The first-order chi connectivity index (χ1) is 11.2. The van der Waals surface area contributed by atoms with Crippen molar-refractivity contribution in [2.45, 2.75) is 6.10 Å². The minimum absolute atomic E-state index is 0.0598. The van der Waals surface area contributed by atoms with Crippen LogP contribution in [-0.2, 0) is 0 Å². The monoisotopic (exact) mass is 303 g/mol. The molecule has 0 amide bonds. The van der Waals surface area contributed by atoms with E-state index in [-0.39, 0.29) is 11.8 Å². The minimum Gasteiger partial charge on any atom is -0.481 e. The Bertz CT molecular complexity index is 842. The van der Waals surface area contributed by atoms with Crippen LogP contribution < -0.4 is 4.74 Å². The Morgan fingerprint density at radius 3 is 1.83 bits per heavy atom. The number of hydrogen-bond donors (Lipinski definition) is 0. The van der Waals surface area contributed by atoms with Crippen LogP contribution in [0.25, 0.3) is 11.1 Å². The molecule has 0 unspecified atom stereocenters. The van der Waals surface area contributed by atoms with Gasteiger partial charge in [0.2, 0.25) is 0 Å². The summed E-state index contributed by atoms with van der Waals surface area (Å²) in [5, 5.41) is 10.7. The van der Waals surface area contributed by atoms with Crippen molar-refractivity contribution in [2.75, 3.05) is 0 Å². The number of non-ortho nitro benzene ring substituents is 1. The first-order valence-corrected chi connectivity index (χ1v) is 7.33. The summed E-state index contributed by atoms with van der Waals surface area (Å²) in [5.74, 6) is 0.618. The summed E-state index contributed by atoms with van der Waals surface area (Å²) in [5.41, 5.74) is 4.65. The second-order valence-electron chi connectivity index (χ2n) is 5.42. The van der Waals surface area contributed by atoms with Crippen LogP contribution in [0, 0.1) is 10.1 Å². The molecule has 1 aliphatic carbocycles. The Morgan fingerprint density at radius 2 is 1.30 bits per heavy atom. The first-order valence-electron chi connectivity index (χ1n) is 7.33. The molecule has 4 nitrogen and oxygen atoms in total. The van der Waals surface area contributed by atoms with Crippen LogP contribution in [-0.4, -0.2) is 4.92 Å². The van der Waals surface area contributed by atoms with Crippen LogP contribution in [0.4, 0.5) is 5.69 Å². The fourth-order valence-corrected chi connectivity index (χ4v) is 3.02. The number of fused-ring (bicyclic) bond motifs is 3. The normalized spacial score (nSPS) is 12.5. The van der Waals surface area contributed by atoms with Gasteiger partial charge in [0.05, 0.1) is 4.92 Å². The van der Waals surface area contributed by atoms with Gasteiger partial charge < -0.3 is 4.74 Å². The van der Waals surface area contributed by atoms with Crippen molar-refractivity contribution >= 4 is 5.69 Å². The van der Waals surface area contributed by atoms with E-state index >= 15 is 0 Å². The smallest absolute Gasteiger partial charge is 0.269 e. The molecule has 112 valence electrons. The average Bonchev–Trinajstić information content (AvgIpc) is 2.90. The lowest BCUT2D eigenvalue weighted by molar-refractivity contribution is -0.384. The molecule has 3 aromatic rings. The number of benzene rings is 3. The fraction of sp³-hybridized carbons (Fsp3) is 0.0526. The zero-order valence-electron chi connectivity index (χ0n) is 12.2. The van der Waals surface area contributed by atoms with E-state index in [0.29, 0.717) is 5.75 Å².